The van der Waals surface area contributed by atoms with E-state index < -0.39 is 17.9 Å². The van der Waals surface area contributed by atoms with Crippen molar-refractivity contribution >= 4 is 17.8 Å². The lowest BCUT2D eigenvalue weighted by Crippen LogP contribution is -2.54. The molecule has 1 fully saturated rings. The van der Waals surface area contributed by atoms with E-state index in [4.69, 9.17) is 9.84 Å². The van der Waals surface area contributed by atoms with E-state index in [1.54, 1.807) is 0 Å². The van der Waals surface area contributed by atoms with Crippen LogP contribution in [0.3, 0.4) is 0 Å². The second-order valence-electron chi connectivity index (χ2n) is 3.43. The molecular formula is C9H14N2O5. The number of carboxylic acids is 1. The van der Waals surface area contributed by atoms with Gasteiger partial charge in [0.1, 0.15) is 0 Å². The summed E-state index contributed by atoms with van der Waals surface area (Å²) in [6.07, 6.45) is 0. The van der Waals surface area contributed by atoms with Crippen molar-refractivity contribution in [3.05, 3.63) is 0 Å². The maximum absolute atomic E-state index is 11.6. The standard InChI is InChI=1S/C9H14N2O5/c1-6(12)10-4-8(13)11-2-3-16-5-7(11)9(14)15/h7H,2-5H2,1H3,(H,10,12)(H,14,15). The molecule has 0 aromatic carbocycles. The molecule has 7 heteroatoms. The Morgan fingerprint density at radius 3 is 2.75 bits per heavy atom. The zero-order chi connectivity index (χ0) is 12.1. The summed E-state index contributed by atoms with van der Waals surface area (Å²) in [4.78, 5) is 34.3. The van der Waals surface area contributed by atoms with Gasteiger partial charge in [0.15, 0.2) is 6.04 Å². The van der Waals surface area contributed by atoms with Crippen molar-refractivity contribution in [2.45, 2.75) is 13.0 Å². The molecule has 2 N–H and O–H groups in total. The molecule has 0 aromatic heterocycles. The van der Waals surface area contributed by atoms with Crippen LogP contribution in [-0.2, 0) is 19.1 Å². The fraction of sp³-hybridized carbons (Fsp3) is 0.667. The van der Waals surface area contributed by atoms with Crippen molar-refractivity contribution in [3.63, 3.8) is 0 Å². The Morgan fingerprint density at radius 1 is 1.50 bits per heavy atom. The zero-order valence-corrected chi connectivity index (χ0v) is 8.93. The molecule has 1 unspecified atom stereocenters. The van der Waals surface area contributed by atoms with Crippen molar-refractivity contribution in [2.75, 3.05) is 26.3 Å². The molecule has 1 saturated heterocycles. The Hall–Kier alpha value is -1.63. The number of ether oxygens (including phenoxy) is 1. The van der Waals surface area contributed by atoms with Gasteiger partial charge in [-0.25, -0.2) is 4.79 Å². The highest BCUT2D eigenvalue weighted by atomic mass is 16.5. The van der Waals surface area contributed by atoms with Gasteiger partial charge in [-0.05, 0) is 0 Å². The summed E-state index contributed by atoms with van der Waals surface area (Å²) in [5, 5.41) is 11.2. The first-order valence-electron chi connectivity index (χ1n) is 4.87. The van der Waals surface area contributed by atoms with Gasteiger partial charge in [0.2, 0.25) is 11.8 Å². The molecule has 0 aromatic rings. The van der Waals surface area contributed by atoms with Crippen LogP contribution < -0.4 is 5.32 Å². The minimum atomic E-state index is -1.10. The van der Waals surface area contributed by atoms with Crippen LogP contribution in [0.25, 0.3) is 0 Å². The molecule has 2 amide bonds. The van der Waals surface area contributed by atoms with Crippen molar-refractivity contribution in [1.29, 1.82) is 0 Å². The number of carbonyl (C=O) groups excluding carboxylic acids is 2. The maximum Gasteiger partial charge on any atom is 0.328 e. The number of hydrogen-bond donors (Lipinski definition) is 2. The van der Waals surface area contributed by atoms with E-state index in [2.05, 4.69) is 5.32 Å². The van der Waals surface area contributed by atoms with Crippen LogP contribution in [0.2, 0.25) is 0 Å². The van der Waals surface area contributed by atoms with E-state index in [0.717, 1.165) is 0 Å². The molecular weight excluding hydrogens is 216 g/mol. The highest BCUT2D eigenvalue weighted by Gasteiger charge is 2.32. The number of amides is 2. The molecule has 1 heterocycles. The Morgan fingerprint density at radius 2 is 2.19 bits per heavy atom. The van der Waals surface area contributed by atoms with Gasteiger partial charge in [0.05, 0.1) is 19.8 Å². The molecule has 0 aliphatic carbocycles. The smallest absolute Gasteiger partial charge is 0.328 e. The molecule has 90 valence electrons. The second-order valence-corrected chi connectivity index (χ2v) is 3.43. The molecule has 0 spiro atoms. The fourth-order valence-corrected chi connectivity index (χ4v) is 1.41. The zero-order valence-electron chi connectivity index (χ0n) is 8.93. The number of carboxylic acid groups (broad SMARTS) is 1. The summed E-state index contributed by atoms with van der Waals surface area (Å²) in [5.41, 5.74) is 0. The van der Waals surface area contributed by atoms with Crippen LogP contribution in [-0.4, -0.2) is 60.1 Å². The highest BCUT2D eigenvalue weighted by Crippen LogP contribution is 2.07. The van der Waals surface area contributed by atoms with Crippen molar-refractivity contribution < 1.29 is 24.2 Å². The monoisotopic (exact) mass is 230 g/mol. The van der Waals surface area contributed by atoms with Crippen LogP contribution in [0.1, 0.15) is 6.92 Å². The number of nitrogens with one attached hydrogen (secondary N) is 1. The topological polar surface area (TPSA) is 95.9 Å². The largest absolute Gasteiger partial charge is 0.480 e. The summed E-state index contributed by atoms with van der Waals surface area (Å²) in [5.74, 6) is -1.84. The lowest BCUT2D eigenvalue weighted by molar-refractivity contribution is -0.157. The fourth-order valence-electron chi connectivity index (χ4n) is 1.41. The average molecular weight is 230 g/mol. The normalized spacial score (nSPS) is 20.3. The molecule has 0 radical (unpaired) electrons. The van der Waals surface area contributed by atoms with Gasteiger partial charge in [-0.15, -0.1) is 0 Å². The lowest BCUT2D eigenvalue weighted by atomic mass is 10.2. The molecule has 0 saturated carbocycles. The second kappa shape index (κ2) is 5.45. The lowest BCUT2D eigenvalue weighted by Gasteiger charge is -2.32. The third-order valence-electron chi connectivity index (χ3n) is 2.22. The SMILES string of the molecule is CC(=O)NCC(=O)N1CCOCC1C(=O)O. The Bertz CT molecular complexity index is 304. The number of nitrogens with zero attached hydrogens (tertiary/aromatic N) is 1. The molecule has 1 aliphatic rings. The predicted octanol–water partition coefficient (Wildman–Crippen LogP) is -1.57. The molecule has 1 atom stereocenters. The quantitative estimate of drug-likeness (QED) is 0.611. The molecule has 16 heavy (non-hydrogen) atoms. The third kappa shape index (κ3) is 3.20. The van der Waals surface area contributed by atoms with Crippen LogP contribution in [0.4, 0.5) is 0 Å². The van der Waals surface area contributed by atoms with Gasteiger partial charge < -0.3 is 20.1 Å². The summed E-state index contributed by atoms with van der Waals surface area (Å²) in [7, 11) is 0. The van der Waals surface area contributed by atoms with Crippen LogP contribution in [0, 0.1) is 0 Å². The first-order valence-corrected chi connectivity index (χ1v) is 4.87. The highest BCUT2D eigenvalue weighted by molar-refractivity contribution is 5.87. The number of carbonyl (C=O) groups is 3. The number of rotatable bonds is 3. The van der Waals surface area contributed by atoms with Gasteiger partial charge in [-0.2, -0.15) is 0 Å². The summed E-state index contributed by atoms with van der Waals surface area (Å²) >= 11 is 0. The van der Waals surface area contributed by atoms with Gasteiger partial charge >= 0.3 is 5.97 Å². The minimum Gasteiger partial charge on any atom is -0.480 e. The van der Waals surface area contributed by atoms with Crippen molar-refractivity contribution in [3.8, 4) is 0 Å². The summed E-state index contributed by atoms with van der Waals surface area (Å²) in [6.45, 7) is 1.65. The van der Waals surface area contributed by atoms with Crippen molar-refractivity contribution in [2.24, 2.45) is 0 Å². The number of morpholine rings is 1. The third-order valence-corrected chi connectivity index (χ3v) is 2.22. The van der Waals surface area contributed by atoms with E-state index in [1.807, 2.05) is 0 Å². The van der Waals surface area contributed by atoms with Crippen LogP contribution in [0.5, 0.6) is 0 Å². The molecule has 1 rings (SSSR count). The van der Waals surface area contributed by atoms with Gasteiger partial charge in [0.25, 0.3) is 0 Å². The van der Waals surface area contributed by atoms with Gasteiger partial charge in [-0.3, -0.25) is 9.59 Å². The van der Waals surface area contributed by atoms with Gasteiger partial charge in [-0.1, -0.05) is 0 Å². The van der Waals surface area contributed by atoms with E-state index in [0.29, 0.717) is 6.61 Å². The van der Waals surface area contributed by atoms with Crippen LogP contribution >= 0.6 is 0 Å². The minimum absolute atomic E-state index is 0.0128. The Labute approximate surface area is 92.4 Å². The van der Waals surface area contributed by atoms with Gasteiger partial charge in [0, 0.05) is 13.5 Å². The Kier molecular flexibility index (Phi) is 4.24. The van der Waals surface area contributed by atoms with E-state index >= 15 is 0 Å². The molecule has 0 bridgehead atoms. The molecule has 7 nitrogen and oxygen atoms in total. The average Bonchev–Trinajstić information content (AvgIpc) is 2.25. The van der Waals surface area contributed by atoms with Crippen molar-refractivity contribution in [1.82, 2.24) is 10.2 Å². The first-order chi connectivity index (χ1) is 7.52. The first kappa shape index (κ1) is 12.4. The Balaban J connectivity index is 2.57. The summed E-state index contributed by atoms with van der Waals surface area (Å²) < 4.78 is 4.99. The number of hydrogen-bond acceptors (Lipinski definition) is 4. The van der Waals surface area contributed by atoms with Crippen LogP contribution in [0.15, 0.2) is 0 Å². The predicted molar refractivity (Wildman–Crippen MR) is 52.6 cm³/mol. The maximum atomic E-state index is 11.6. The van der Waals surface area contributed by atoms with E-state index in [-0.39, 0.29) is 25.6 Å². The van der Waals surface area contributed by atoms with E-state index in [9.17, 15) is 14.4 Å². The summed E-state index contributed by atoms with van der Waals surface area (Å²) in [6, 6.07) is -0.963. The van der Waals surface area contributed by atoms with E-state index in [1.165, 1.54) is 11.8 Å². The molecule has 1 aliphatic heterocycles. The number of aliphatic carboxylic acids is 1.